The van der Waals surface area contributed by atoms with E-state index in [0.29, 0.717) is 10.9 Å². The van der Waals surface area contributed by atoms with Crippen molar-refractivity contribution >= 4 is 31.9 Å². The van der Waals surface area contributed by atoms with Gasteiger partial charge in [0.1, 0.15) is 0 Å². The van der Waals surface area contributed by atoms with Crippen LogP contribution in [0.1, 0.15) is 19.3 Å². The van der Waals surface area contributed by atoms with Crippen LogP contribution in [0.2, 0.25) is 0 Å². The van der Waals surface area contributed by atoms with Crippen LogP contribution in [0.5, 0.6) is 0 Å². The normalized spacial score (nSPS) is 28.8. The van der Waals surface area contributed by atoms with Crippen LogP contribution in [-0.4, -0.2) is 22.9 Å². The maximum Gasteiger partial charge on any atom is 0.0701 e. The third-order valence-electron chi connectivity index (χ3n) is 1.75. The van der Waals surface area contributed by atoms with Crippen molar-refractivity contribution in [2.45, 2.75) is 30.2 Å². The average Bonchev–Trinajstić information content (AvgIpc) is 2.38. The molecule has 0 N–H and O–H groups in total. The van der Waals surface area contributed by atoms with Crippen molar-refractivity contribution in [3.8, 4) is 0 Å². The van der Waals surface area contributed by atoms with E-state index in [1.807, 2.05) is 0 Å². The summed E-state index contributed by atoms with van der Waals surface area (Å²) >= 11 is 7.02. The Hall–Kier alpha value is 0.920. The monoisotopic (exact) mass is 270 g/mol. The zero-order chi connectivity index (χ0) is 7.40. The van der Waals surface area contributed by atoms with Crippen molar-refractivity contribution < 1.29 is 4.74 Å². The lowest BCUT2D eigenvalue weighted by atomic mass is 10.1. The molecule has 0 aromatic carbocycles. The summed E-state index contributed by atoms with van der Waals surface area (Å²) in [5, 5.41) is 1.06. The molecule has 10 heavy (non-hydrogen) atoms. The summed E-state index contributed by atoms with van der Waals surface area (Å²) in [6, 6.07) is 0. The molecule has 1 aliphatic heterocycles. The summed E-state index contributed by atoms with van der Waals surface area (Å²) in [5.41, 5.74) is 0. The van der Waals surface area contributed by atoms with Crippen molar-refractivity contribution in [1.82, 2.24) is 0 Å². The second-order valence-corrected chi connectivity index (χ2v) is 4.51. The minimum Gasteiger partial charge on any atom is -0.377 e. The molecule has 0 radical (unpaired) electrons. The predicted octanol–water partition coefficient (Wildman–Crippen LogP) is 2.71. The minimum atomic E-state index is 0.470. The molecule has 3 heteroatoms. The van der Waals surface area contributed by atoms with Crippen LogP contribution in [-0.2, 0) is 4.74 Å². The van der Waals surface area contributed by atoms with Crippen LogP contribution in [0.15, 0.2) is 0 Å². The Balaban J connectivity index is 2.18. The van der Waals surface area contributed by atoms with E-state index in [1.165, 1.54) is 12.8 Å². The van der Waals surface area contributed by atoms with Crippen molar-refractivity contribution in [3.05, 3.63) is 0 Å². The molecular weight excluding hydrogens is 260 g/mol. The third kappa shape index (κ3) is 2.51. The molecule has 0 aliphatic carbocycles. The lowest BCUT2D eigenvalue weighted by Gasteiger charge is -2.14. The van der Waals surface area contributed by atoms with Gasteiger partial charge in [-0.2, -0.15) is 0 Å². The summed E-state index contributed by atoms with van der Waals surface area (Å²) in [4.78, 5) is 0.550. The van der Waals surface area contributed by atoms with E-state index in [4.69, 9.17) is 4.74 Å². The summed E-state index contributed by atoms with van der Waals surface area (Å²) in [5.74, 6) is 0. The molecule has 1 rings (SSSR count). The molecular formula is C7H12Br2O. The number of hydrogen-bond acceptors (Lipinski definition) is 1. The van der Waals surface area contributed by atoms with Gasteiger partial charge in [-0.15, -0.1) is 0 Å². The molecule has 2 atom stereocenters. The van der Waals surface area contributed by atoms with Crippen molar-refractivity contribution in [3.63, 3.8) is 0 Å². The van der Waals surface area contributed by atoms with Crippen molar-refractivity contribution in [1.29, 1.82) is 0 Å². The van der Waals surface area contributed by atoms with E-state index in [0.717, 1.165) is 18.4 Å². The van der Waals surface area contributed by atoms with Crippen LogP contribution in [0, 0.1) is 0 Å². The van der Waals surface area contributed by atoms with Gasteiger partial charge >= 0.3 is 0 Å². The van der Waals surface area contributed by atoms with Gasteiger partial charge in [0.2, 0.25) is 0 Å². The largest absolute Gasteiger partial charge is 0.377 e. The first kappa shape index (κ1) is 9.01. The molecule has 1 saturated heterocycles. The SMILES string of the molecule is BrCC[C@H](Br)[C@H]1CCCO1. The number of hydrogen-bond donors (Lipinski definition) is 0. The van der Waals surface area contributed by atoms with Gasteiger partial charge in [-0.1, -0.05) is 31.9 Å². The second-order valence-electron chi connectivity index (χ2n) is 2.55. The van der Waals surface area contributed by atoms with Crippen LogP contribution >= 0.6 is 31.9 Å². The molecule has 0 unspecified atom stereocenters. The molecule has 0 aromatic heterocycles. The van der Waals surface area contributed by atoms with Crippen LogP contribution < -0.4 is 0 Å². The molecule has 0 aromatic rings. The molecule has 0 amide bonds. The van der Waals surface area contributed by atoms with Gasteiger partial charge in [0, 0.05) is 16.8 Å². The van der Waals surface area contributed by atoms with E-state index in [-0.39, 0.29) is 0 Å². The zero-order valence-electron chi connectivity index (χ0n) is 5.85. The van der Waals surface area contributed by atoms with Crippen LogP contribution in [0.25, 0.3) is 0 Å². The molecule has 0 bridgehead atoms. The fourth-order valence-electron chi connectivity index (χ4n) is 1.18. The first-order valence-corrected chi connectivity index (χ1v) is 5.70. The Morgan fingerprint density at radius 2 is 2.40 bits per heavy atom. The van der Waals surface area contributed by atoms with Crippen molar-refractivity contribution in [2.75, 3.05) is 11.9 Å². The third-order valence-corrected chi connectivity index (χ3v) is 3.26. The number of rotatable bonds is 3. The zero-order valence-corrected chi connectivity index (χ0v) is 9.03. The first-order chi connectivity index (χ1) is 4.84. The maximum absolute atomic E-state index is 5.50. The van der Waals surface area contributed by atoms with E-state index in [2.05, 4.69) is 31.9 Å². The van der Waals surface area contributed by atoms with Gasteiger partial charge in [-0.3, -0.25) is 0 Å². The average molecular weight is 272 g/mol. The molecule has 0 spiro atoms. The Morgan fingerprint density at radius 1 is 1.60 bits per heavy atom. The fourth-order valence-corrected chi connectivity index (χ4v) is 2.93. The molecule has 1 aliphatic rings. The summed E-state index contributed by atoms with van der Waals surface area (Å²) in [6.07, 6.45) is 4.08. The standard InChI is InChI=1S/C7H12Br2O/c8-4-3-6(9)7-2-1-5-10-7/h6-7H,1-5H2/t6-,7+/m0/s1. The number of ether oxygens (including phenoxy) is 1. The molecule has 1 nitrogen and oxygen atoms in total. The minimum absolute atomic E-state index is 0.470. The maximum atomic E-state index is 5.50. The topological polar surface area (TPSA) is 9.23 Å². The summed E-state index contributed by atoms with van der Waals surface area (Å²) in [7, 11) is 0. The highest BCUT2D eigenvalue weighted by atomic mass is 79.9. The molecule has 1 fully saturated rings. The smallest absolute Gasteiger partial charge is 0.0701 e. The van der Waals surface area contributed by atoms with Gasteiger partial charge in [0.05, 0.1) is 6.10 Å². The van der Waals surface area contributed by atoms with Gasteiger partial charge in [0.15, 0.2) is 0 Å². The van der Waals surface area contributed by atoms with Gasteiger partial charge in [-0.05, 0) is 19.3 Å². The quantitative estimate of drug-likeness (QED) is 0.718. The highest BCUT2D eigenvalue weighted by Gasteiger charge is 2.22. The summed E-state index contributed by atoms with van der Waals surface area (Å²) in [6.45, 7) is 0.953. The van der Waals surface area contributed by atoms with Crippen LogP contribution in [0.4, 0.5) is 0 Å². The summed E-state index contributed by atoms with van der Waals surface area (Å²) < 4.78 is 5.50. The van der Waals surface area contributed by atoms with E-state index in [9.17, 15) is 0 Å². The molecule has 0 saturated carbocycles. The Bertz CT molecular complexity index is 91.6. The van der Waals surface area contributed by atoms with E-state index < -0.39 is 0 Å². The number of alkyl halides is 2. The highest BCUT2D eigenvalue weighted by Crippen LogP contribution is 2.23. The predicted molar refractivity (Wildman–Crippen MR) is 50.1 cm³/mol. The second kappa shape index (κ2) is 4.73. The molecule has 60 valence electrons. The highest BCUT2D eigenvalue weighted by molar-refractivity contribution is 9.10. The lowest BCUT2D eigenvalue weighted by Crippen LogP contribution is -2.19. The van der Waals surface area contributed by atoms with Crippen LogP contribution in [0.3, 0.4) is 0 Å². The first-order valence-electron chi connectivity index (χ1n) is 3.66. The van der Waals surface area contributed by atoms with Gasteiger partial charge in [0.25, 0.3) is 0 Å². The fraction of sp³-hybridized carbons (Fsp3) is 1.00. The van der Waals surface area contributed by atoms with Gasteiger partial charge in [-0.25, -0.2) is 0 Å². The number of halogens is 2. The van der Waals surface area contributed by atoms with E-state index in [1.54, 1.807) is 0 Å². The Morgan fingerprint density at radius 3 is 2.90 bits per heavy atom. The van der Waals surface area contributed by atoms with Crippen molar-refractivity contribution in [2.24, 2.45) is 0 Å². The Labute approximate surface area is 78.8 Å². The van der Waals surface area contributed by atoms with E-state index >= 15 is 0 Å². The Kier molecular flexibility index (Phi) is 4.26. The lowest BCUT2D eigenvalue weighted by molar-refractivity contribution is 0.110. The molecule has 1 heterocycles. The van der Waals surface area contributed by atoms with Gasteiger partial charge < -0.3 is 4.74 Å².